The van der Waals surface area contributed by atoms with Gasteiger partial charge in [-0.3, -0.25) is 0 Å². The SMILES string of the molecule is CC(C)(C)[Si](N(c1cn([Si](C)(C)C)cn1)[Si](C(C)(C)C)(C(C)(C)C)C(C)(C)C)(C(C)(C)C)C(C)(C)C. The van der Waals surface area contributed by atoms with E-state index in [0.717, 1.165) is 0 Å². The highest BCUT2D eigenvalue weighted by Gasteiger charge is 2.74. The van der Waals surface area contributed by atoms with E-state index >= 15 is 0 Å². The fourth-order valence-corrected chi connectivity index (χ4v) is 37.6. The first-order chi connectivity index (χ1) is 15.3. The third kappa shape index (κ3) is 5.01. The van der Waals surface area contributed by atoms with Gasteiger partial charge in [-0.05, 0) is 30.2 Å². The van der Waals surface area contributed by atoms with E-state index in [0.29, 0.717) is 0 Å². The quantitative estimate of drug-likeness (QED) is 0.347. The second kappa shape index (κ2) is 9.11. The third-order valence-electron chi connectivity index (χ3n) is 8.76. The van der Waals surface area contributed by atoms with E-state index in [4.69, 9.17) is 4.98 Å². The van der Waals surface area contributed by atoms with Gasteiger partial charge in [0.1, 0.15) is 5.82 Å². The lowest BCUT2D eigenvalue weighted by atomic mass is 10.2. The zero-order valence-corrected chi connectivity index (χ0v) is 31.5. The summed E-state index contributed by atoms with van der Waals surface area (Å²) in [5.41, 5.74) is 0. The van der Waals surface area contributed by atoms with Crippen LogP contribution in [0.25, 0.3) is 0 Å². The van der Waals surface area contributed by atoms with Gasteiger partial charge < -0.3 is 8.46 Å². The Kier molecular flexibility index (Phi) is 8.52. The van der Waals surface area contributed by atoms with Gasteiger partial charge in [0, 0.05) is 6.20 Å². The monoisotopic (exact) mass is 551 g/mol. The molecule has 0 saturated carbocycles. The summed E-state index contributed by atoms with van der Waals surface area (Å²) in [6.45, 7) is 53.1. The molecule has 0 aliphatic carbocycles. The van der Waals surface area contributed by atoms with Crippen molar-refractivity contribution in [1.29, 1.82) is 0 Å². The molecular weight excluding hydrogens is 487 g/mol. The van der Waals surface area contributed by atoms with Gasteiger partial charge in [-0.2, -0.15) is 0 Å². The van der Waals surface area contributed by atoms with Crippen molar-refractivity contribution < 1.29 is 0 Å². The minimum Gasteiger partial charge on any atom is -0.405 e. The average molecular weight is 552 g/mol. The topological polar surface area (TPSA) is 21.1 Å². The molecule has 0 radical (unpaired) electrons. The molecule has 0 spiro atoms. The van der Waals surface area contributed by atoms with Crippen LogP contribution in [0.2, 0.25) is 49.9 Å². The summed E-state index contributed by atoms with van der Waals surface area (Å²) in [5.74, 6) is 1.25. The molecule has 0 saturated heterocycles. The molecule has 0 atom stereocenters. The Bertz CT molecular complexity index is 774. The lowest BCUT2D eigenvalue weighted by Gasteiger charge is -2.75. The molecular formula is C30H65N3Si3. The molecule has 0 aromatic carbocycles. The van der Waals surface area contributed by atoms with Crippen LogP contribution < -0.4 is 4.23 Å². The van der Waals surface area contributed by atoms with Crippen molar-refractivity contribution in [2.24, 2.45) is 0 Å². The molecule has 36 heavy (non-hydrogen) atoms. The summed E-state index contributed by atoms with van der Waals surface area (Å²) in [6.07, 6.45) is 4.62. The van der Waals surface area contributed by atoms with E-state index in [-0.39, 0.29) is 30.2 Å². The molecule has 0 amide bonds. The maximum Gasteiger partial charge on any atom is 0.165 e. The van der Waals surface area contributed by atoms with Crippen LogP contribution in [0, 0.1) is 0 Å². The van der Waals surface area contributed by atoms with E-state index in [1.807, 2.05) is 0 Å². The van der Waals surface area contributed by atoms with E-state index in [1.54, 1.807) is 0 Å². The highest BCUT2D eigenvalue weighted by molar-refractivity contribution is 7.08. The minimum absolute atomic E-state index is 0.118. The first-order valence-corrected chi connectivity index (χ1v) is 21.5. The maximum atomic E-state index is 5.39. The molecule has 6 heteroatoms. The van der Waals surface area contributed by atoms with Gasteiger partial charge in [0.2, 0.25) is 0 Å². The van der Waals surface area contributed by atoms with Gasteiger partial charge in [0.15, 0.2) is 24.7 Å². The van der Waals surface area contributed by atoms with Crippen LogP contribution >= 0.6 is 0 Å². The predicted molar refractivity (Wildman–Crippen MR) is 173 cm³/mol. The standard InChI is InChI=1S/C30H65N3Si3/c1-25(2,3)35(26(4,5)6,27(7,8)9)33(24-22-32(23-31-24)34(19,20)21)36(28(10,11)12,29(13,14)15)30(16,17)18/h22-23H,1-21H3. The Morgan fingerprint density at radius 2 is 0.778 bits per heavy atom. The summed E-state index contributed by atoms with van der Waals surface area (Å²) in [4.78, 5) is 5.39. The Hall–Kier alpha value is -0.339. The molecule has 1 rings (SSSR count). The summed E-state index contributed by atoms with van der Waals surface area (Å²) >= 11 is 0. The molecule has 0 bridgehead atoms. The Morgan fingerprint density at radius 3 is 0.944 bits per heavy atom. The number of hydrogen-bond donors (Lipinski definition) is 0. The van der Waals surface area contributed by atoms with Crippen LogP contribution in [-0.4, -0.2) is 33.9 Å². The van der Waals surface area contributed by atoms with E-state index < -0.39 is 24.7 Å². The van der Waals surface area contributed by atoms with Crippen LogP contribution in [0.5, 0.6) is 0 Å². The number of imidazole rings is 1. The Morgan fingerprint density at radius 1 is 0.528 bits per heavy atom. The van der Waals surface area contributed by atoms with E-state index in [9.17, 15) is 0 Å². The molecule has 1 aromatic heterocycles. The summed E-state index contributed by atoms with van der Waals surface area (Å²) in [6, 6.07) is 0. The molecule has 3 nitrogen and oxygen atoms in total. The molecule has 0 fully saturated rings. The fraction of sp³-hybridized carbons (Fsp3) is 0.900. The highest BCUT2D eigenvalue weighted by Crippen LogP contribution is 2.72. The zero-order chi connectivity index (χ0) is 29.4. The first kappa shape index (κ1) is 33.7. The minimum atomic E-state index is -2.45. The Labute approximate surface area is 230 Å². The normalized spacial score (nSPS) is 15.9. The van der Waals surface area contributed by atoms with Crippen LogP contribution in [0.3, 0.4) is 0 Å². The van der Waals surface area contributed by atoms with Crippen LogP contribution in [0.1, 0.15) is 125 Å². The molecule has 0 aliphatic heterocycles. The molecule has 0 N–H and O–H groups in total. The second-order valence-electron chi connectivity index (χ2n) is 18.6. The number of anilines is 1. The van der Waals surface area contributed by atoms with Gasteiger partial charge >= 0.3 is 0 Å². The largest absolute Gasteiger partial charge is 0.405 e. The molecule has 0 unspecified atom stereocenters. The molecule has 1 aromatic rings. The fourth-order valence-electron chi connectivity index (χ4n) is 10.2. The molecule has 0 aliphatic rings. The van der Waals surface area contributed by atoms with Gasteiger partial charge in [-0.25, -0.2) is 4.98 Å². The van der Waals surface area contributed by atoms with Crippen molar-refractivity contribution in [2.75, 3.05) is 4.23 Å². The van der Waals surface area contributed by atoms with Gasteiger partial charge in [0.05, 0.1) is 6.33 Å². The van der Waals surface area contributed by atoms with Crippen LogP contribution in [-0.2, 0) is 0 Å². The first-order valence-electron chi connectivity index (χ1n) is 14.2. The molecule has 212 valence electrons. The van der Waals surface area contributed by atoms with Crippen molar-refractivity contribution in [1.82, 2.24) is 9.22 Å². The van der Waals surface area contributed by atoms with Gasteiger partial charge in [-0.1, -0.05) is 144 Å². The number of nitrogens with zero attached hydrogens (tertiary/aromatic N) is 3. The number of hydrogen-bond acceptors (Lipinski definition) is 2. The summed E-state index contributed by atoms with van der Waals surface area (Å²) in [5, 5.41) is 0.705. The van der Waals surface area contributed by atoms with Gasteiger partial charge in [0.25, 0.3) is 0 Å². The predicted octanol–water partition coefficient (Wildman–Crippen LogP) is 11.1. The van der Waals surface area contributed by atoms with Crippen LogP contribution in [0.4, 0.5) is 5.82 Å². The van der Waals surface area contributed by atoms with E-state index in [1.165, 1.54) is 5.82 Å². The van der Waals surface area contributed by atoms with Crippen molar-refractivity contribution in [3.63, 3.8) is 0 Å². The zero-order valence-electron chi connectivity index (χ0n) is 28.5. The Balaban J connectivity index is 4.77. The second-order valence-corrected chi connectivity index (χ2v) is 36.6. The lowest BCUT2D eigenvalue weighted by molar-refractivity contribution is 0.496. The van der Waals surface area contributed by atoms with Crippen molar-refractivity contribution in [2.45, 2.75) is 174 Å². The average Bonchev–Trinajstić information content (AvgIpc) is 2.95. The van der Waals surface area contributed by atoms with E-state index in [2.05, 4.69) is 165 Å². The third-order valence-corrected chi connectivity index (χ3v) is 27.4. The number of aromatic nitrogens is 2. The lowest BCUT2D eigenvalue weighted by Crippen LogP contribution is -2.83. The number of rotatable bonds is 4. The van der Waals surface area contributed by atoms with Crippen molar-refractivity contribution >= 4 is 30.5 Å². The smallest absolute Gasteiger partial charge is 0.165 e. The summed E-state index contributed by atoms with van der Waals surface area (Å²) in [7, 11) is -6.49. The highest BCUT2D eigenvalue weighted by atomic mass is 28.4. The van der Waals surface area contributed by atoms with Crippen molar-refractivity contribution in [3.8, 4) is 0 Å². The van der Waals surface area contributed by atoms with Gasteiger partial charge in [-0.15, -0.1) is 0 Å². The maximum absolute atomic E-state index is 5.39. The molecule has 1 heterocycles. The summed E-state index contributed by atoms with van der Waals surface area (Å²) < 4.78 is 5.66. The van der Waals surface area contributed by atoms with Crippen LogP contribution in [0.15, 0.2) is 12.5 Å². The van der Waals surface area contributed by atoms with Crippen molar-refractivity contribution in [3.05, 3.63) is 12.5 Å².